The fourth-order valence-corrected chi connectivity index (χ4v) is 2.31. The fourth-order valence-electron chi connectivity index (χ4n) is 2.07. The second kappa shape index (κ2) is 8.42. The first-order chi connectivity index (χ1) is 12.7. The van der Waals surface area contributed by atoms with Crippen LogP contribution >= 0.6 is 11.6 Å². The fraction of sp³-hybridized carbons (Fsp3) is 0.286. The predicted molar refractivity (Wildman–Crippen MR) is 88.9 cm³/mol. The monoisotopic (exact) mass is 401 g/mol. The molecular weight excluding hydrogens is 386 g/mol. The number of urea groups is 1. The van der Waals surface area contributed by atoms with Gasteiger partial charge in [-0.05, 0) is 12.1 Å². The molecule has 0 atom stereocenters. The van der Waals surface area contributed by atoms with E-state index < -0.39 is 41.8 Å². The third-order valence-corrected chi connectivity index (χ3v) is 3.85. The molecule has 1 aliphatic heterocycles. The number of hydrogen-bond acceptors (Lipinski definition) is 7. The molecule has 6 N–H and O–H groups in total. The van der Waals surface area contributed by atoms with Gasteiger partial charge in [-0.15, -0.1) is 0 Å². The molecule has 146 valence electrons. The van der Waals surface area contributed by atoms with E-state index in [9.17, 15) is 34.6 Å². The summed E-state index contributed by atoms with van der Waals surface area (Å²) in [4.78, 5) is 46.7. The Kier molecular flexibility index (Phi) is 6.26. The number of nitrogens with one attached hydrogen (secondary N) is 3. The summed E-state index contributed by atoms with van der Waals surface area (Å²) in [6.45, 7) is -0.223. The van der Waals surface area contributed by atoms with Crippen LogP contribution in [0.5, 0.6) is 11.5 Å². The molecule has 2 rings (SSSR count). The molecule has 1 saturated heterocycles. The Bertz CT molecular complexity index is 787. The maximum Gasteiger partial charge on any atom is 0.337 e. The van der Waals surface area contributed by atoms with E-state index in [2.05, 4.69) is 10.6 Å². The van der Waals surface area contributed by atoms with E-state index >= 15 is 0 Å². The van der Waals surface area contributed by atoms with Gasteiger partial charge in [0.15, 0.2) is 11.5 Å². The summed E-state index contributed by atoms with van der Waals surface area (Å²) in [5.74, 6) is -4.46. The number of carbonyl (C=O) groups excluding carboxylic acids is 4. The first-order valence-corrected chi connectivity index (χ1v) is 7.95. The van der Waals surface area contributed by atoms with Crippen molar-refractivity contribution in [1.82, 2.24) is 26.1 Å². The largest absolute Gasteiger partial charge is 0.504 e. The molecule has 13 heteroatoms. The smallest absolute Gasteiger partial charge is 0.337 e. The predicted octanol–water partition coefficient (Wildman–Crippen LogP) is -1.24. The van der Waals surface area contributed by atoms with Gasteiger partial charge < -0.3 is 20.8 Å². The molecule has 1 aliphatic rings. The zero-order valence-electron chi connectivity index (χ0n) is 13.7. The van der Waals surface area contributed by atoms with Crippen molar-refractivity contribution in [2.75, 3.05) is 26.2 Å². The molecule has 27 heavy (non-hydrogen) atoms. The summed E-state index contributed by atoms with van der Waals surface area (Å²) in [6, 6.07) is 1.65. The Morgan fingerprint density at radius 1 is 1.30 bits per heavy atom. The van der Waals surface area contributed by atoms with Gasteiger partial charge in [-0.1, -0.05) is 11.6 Å². The van der Waals surface area contributed by atoms with Gasteiger partial charge in [0.25, 0.3) is 5.91 Å². The number of amides is 5. The summed E-state index contributed by atoms with van der Waals surface area (Å²) >= 11 is 5.74. The minimum atomic E-state index is -1.33. The summed E-state index contributed by atoms with van der Waals surface area (Å²) < 4.78 is 0. The lowest BCUT2D eigenvalue weighted by Crippen LogP contribution is -2.51. The van der Waals surface area contributed by atoms with Crippen molar-refractivity contribution in [3.63, 3.8) is 0 Å². The van der Waals surface area contributed by atoms with Crippen LogP contribution in [-0.4, -0.2) is 75.4 Å². The van der Waals surface area contributed by atoms with Gasteiger partial charge >= 0.3 is 17.8 Å². The van der Waals surface area contributed by atoms with Crippen LogP contribution in [-0.2, 0) is 9.59 Å². The van der Waals surface area contributed by atoms with Crippen LogP contribution < -0.4 is 16.1 Å². The molecule has 0 unspecified atom stereocenters. The standard InChI is InChI=1S/C14H16ClN5O7/c15-9-7(1-2-8(21)10(9)22)11(23)16-4-6-20(27)13(25)12(24)18-19-5-3-17-14(19)26/h1-2,21-22,27H,3-6H2,(H,16,23)(H,17,26)(H,18,24). The van der Waals surface area contributed by atoms with E-state index in [0.717, 1.165) is 11.1 Å². The minimum absolute atomic E-state index is 0.0689. The van der Waals surface area contributed by atoms with Gasteiger partial charge in [-0.3, -0.25) is 25.0 Å². The van der Waals surface area contributed by atoms with Crippen molar-refractivity contribution in [1.29, 1.82) is 0 Å². The number of hydrazine groups is 1. The molecule has 0 aromatic heterocycles. The highest BCUT2D eigenvalue weighted by Crippen LogP contribution is 2.35. The van der Waals surface area contributed by atoms with Crippen LogP contribution in [0.1, 0.15) is 10.4 Å². The SMILES string of the molecule is O=C(NN1CCNC1=O)C(=O)N(O)CCNC(=O)c1ccc(O)c(O)c1Cl. The topological polar surface area (TPSA) is 172 Å². The van der Waals surface area contributed by atoms with Crippen molar-refractivity contribution in [3.05, 3.63) is 22.7 Å². The summed E-state index contributed by atoms with van der Waals surface area (Å²) in [5.41, 5.74) is 1.89. The summed E-state index contributed by atoms with van der Waals surface area (Å²) in [5, 5.41) is 33.7. The lowest BCUT2D eigenvalue weighted by molar-refractivity contribution is -0.171. The van der Waals surface area contributed by atoms with Crippen LogP contribution in [0.2, 0.25) is 5.02 Å². The van der Waals surface area contributed by atoms with Crippen molar-refractivity contribution in [2.45, 2.75) is 0 Å². The van der Waals surface area contributed by atoms with Crippen molar-refractivity contribution in [2.24, 2.45) is 0 Å². The van der Waals surface area contributed by atoms with Crippen molar-refractivity contribution in [3.8, 4) is 11.5 Å². The third-order valence-electron chi connectivity index (χ3n) is 3.47. The second-order valence-electron chi connectivity index (χ2n) is 5.30. The van der Waals surface area contributed by atoms with E-state index in [0.29, 0.717) is 6.54 Å². The van der Waals surface area contributed by atoms with Gasteiger partial charge in [-0.25, -0.2) is 14.9 Å². The molecule has 1 aromatic carbocycles. The molecule has 12 nitrogen and oxygen atoms in total. The lowest BCUT2D eigenvalue weighted by Gasteiger charge is -2.18. The van der Waals surface area contributed by atoms with Crippen LogP contribution in [0, 0.1) is 0 Å². The number of rotatable bonds is 5. The van der Waals surface area contributed by atoms with E-state index in [1.165, 1.54) is 6.07 Å². The summed E-state index contributed by atoms with van der Waals surface area (Å²) in [7, 11) is 0. The lowest BCUT2D eigenvalue weighted by atomic mass is 10.2. The van der Waals surface area contributed by atoms with Gasteiger partial charge in [0.05, 0.1) is 23.7 Å². The maximum atomic E-state index is 12.0. The molecule has 0 bridgehead atoms. The molecule has 0 aliphatic carbocycles. The molecular formula is C14H16ClN5O7. The highest BCUT2D eigenvalue weighted by Gasteiger charge is 2.27. The van der Waals surface area contributed by atoms with Crippen LogP contribution in [0.3, 0.4) is 0 Å². The number of aromatic hydroxyl groups is 2. The van der Waals surface area contributed by atoms with Crippen LogP contribution in [0.4, 0.5) is 4.79 Å². The first kappa shape index (κ1) is 20.1. The third kappa shape index (κ3) is 4.68. The number of phenols is 2. The van der Waals surface area contributed by atoms with Crippen LogP contribution in [0.15, 0.2) is 12.1 Å². The molecule has 0 saturated carbocycles. The van der Waals surface area contributed by atoms with E-state index in [-0.39, 0.29) is 28.7 Å². The number of phenolic OH excluding ortho intramolecular Hbond substituents is 2. The number of hydroxylamine groups is 2. The van der Waals surface area contributed by atoms with E-state index in [1.807, 2.05) is 5.43 Å². The number of nitrogens with zero attached hydrogens (tertiary/aromatic N) is 2. The number of hydrogen-bond donors (Lipinski definition) is 6. The normalized spacial score (nSPS) is 13.1. The summed E-state index contributed by atoms with van der Waals surface area (Å²) in [6.07, 6.45) is 0. The van der Waals surface area contributed by atoms with E-state index in [1.54, 1.807) is 0 Å². The quantitative estimate of drug-likeness (QED) is 0.155. The second-order valence-corrected chi connectivity index (χ2v) is 5.68. The zero-order chi connectivity index (χ0) is 20.1. The molecule has 0 spiro atoms. The van der Waals surface area contributed by atoms with Crippen LogP contribution in [0.25, 0.3) is 0 Å². The van der Waals surface area contributed by atoms with E-state index in [4.69, 9.17) is 11.6 Å². The average molecular weight is 402 g/mol. The zero-order valence-corrected chi connectivity index (χ0v) is 14.5. The Morgan fingerprint density at radius 2 is 2.00 bits per heavy atom. The maximum absolute atomic E-state index is 12.0. The Labute approximate surface area is 157 Å². The molecule has 5 amide bonds. The van der Waals surface area contributed by atoms with Gasteiger partial charge in [0.1, 0.15) is 0 Å². The van der Waals surface area contributed by atoms with Gasteiger partial charge in [0, 0.05) is 13.1 Å². The molecule has 0 radical (unpaired) electrons. The highest BCUT2D eigenvalue weighted by atomic mass is 35.5. The number of carbonyl (C=O) groups is 4. The number of halogens is 1. The first-order valence-electron chi connectivity index (χ1n) is 7.57. The minimum Gasteiger partial charge on any atom is -0.504 e. The van der Waals surface area contributed by atoms with Crippen molar-refractivity contribution < 1.29 is 34.6 Å². The molecule has 1 heterocycles. The molecule has 1 aromatic rings. The highest BCUT2D eigenvalue weighted by molar-refractivity contribution is 6.35. The van der Waals surface area contributed by atoms with Crippen molar-refractivity contribution >= 4 is 35.4 Å². The molecule has 1 fully saturated rings. The number of benzene rings is 1. The average Bonchev–Trinajstić information content (AvgIpc) is 3.03. The Hall–Kier alpha value is -3.25. The Morgan fingerprint density at radius 3 is 2.63 bits per heavy atom. The van der Waals surface area contributed by atoms with Gasteiger partial charge in [-0.2, -0.15) is 0 Å². The Balaban J connectivity index is 1.82. The van der Waals surface area contributed by atoms with Gasteiger partial charge in [0.2, 0.25) is 0 Å².